The number of carbonyl (C=O) groups is 1. The van der Waals surface area contributed by atoms with Crippen molar-refractivity contribution >= 4 is 17.4 Å². The summed E-state index contributed by atoms with van der Waals surface area (Å²) in [7, 11) is 0. The van der Waals surface area contributed by atoms with Gasteiger partial charge in [0, 0.05) is 12.0 Å². The van der Waals surface area contributed by atoms with E-state index < -0.39 is 6.43 Å². The van der Waals surface area contributed by atoms with Crippen LogP contribution in [0.25, 0.3) is 0 Å². The molecule has 0 unspecified atom stereocenters. The Morgan fingerprint density at radius 3 is 2.60 bits per heavy atom. The molecule has 0 N–H and O–H groups in total. The van der Waals surface area contributed by atoms with Crippen LogP contribution in [0.3, 0.4) is 0 Å². The Hall–Kier alpha value is -0.960. The summed E-state index contributed by atoms with van der Waals surface area (Å²) in [5.74, 6) is -0.152. The Morgan fingerprint density at radius 1 is 1.47 bits per heavy atom. The van der Waals surface area contributed by atoms with Crippen molar-refractivity contribution in [1.29, 1.82) is 0 Å². The Bertz CT molecular complexity index is 364. The van der Waals surface area contributed by atoms with Crippen LogP contribution in [0.5, 0.6) is 0 Å². The van der Waals surface area contributed by atoms with E-state index >= 15 is 0 Å². The average Bonchev–Trinajstić information content (AvgIpc) is 2.20. The molecule has 1 rings (SSSR count). The molecule has 4 heteroatoms. The molecule has 82 valence electrons. The van der Waals surface area contributed by atoms with Gasteiger partial charge < -0.3 is 0 Å². The van der Waals surface area contributed by atoms with Gasteiger partial charge in [0.15, 0.2) is 5.78 Å². The van der Waals surface area contributed by atoms with Crippen LogP contribution in [0.15, 0.2) is 18.2 Å². The maximum atomic E-state index is 12.3. The summed E-state index contributed by atoms with van der Waals surface area (Å²) < 4.78 is 24.6. The first-order valence-corrected chi connectivity index (χ1v) is 5.03. The van der Waals surface area contributed by atoms with Gasteiger partial charge in [-0.05, 0) is 18.1 Å². The Labute approximate surface area is 92.1 Å². The number of benzene rings is 1. The lowest BCUT2D eigenvalue weighted by Crippen LogP contribution is -2.05. The van der Waals surface area contributed by atoms with Crippen molar-refractivity contribution in [3.63, 3.8) is 0 Å². The van der Waals surface area contributed by atoms with Crippen LogP contribution < -0.4 is 0 Å². The summed E-state index contributed by atoms with van der Waals surface area (Å²) in [5.41, 5.74) is 1.44. The van der Waals surface area contributed by atoms with Gasteiger partial charge in [0.25, 0.3) is 6.43 Å². The lowest BCUT2D eigenvalue weighted by Gasteiger charge is -2.06. The second kappa shape index (κ2) is 5.21. The van der Waals surface area contributed by atoms with E-state index in [9.17, 15) is 13.6 Å². The second-order valence-electron chi connectivity index (χ2n) is 3.34. The zero-order valence-electron chi connectivity index (χ0n) is 8.27. The average molecular weight is 233 g/mol. The zero-order chi connectivity index (χ0) is 11.4. The van der Waals surface area contributed by atoms with Gasteiger partial charge in [0.1, 0.15) is 0 Å². The van der Waals surface area contributed by atoms with Gasteiger partial charge in [-0.3, -0.25) is 4.79 Å². The second-order valence-corrected chi connectivity index (χ2v) is 3.60. The van der Waals surface area contributed by atoms with E-state index in [0.717, 1.165) is 5.56 Å². The molecule has 0 aromatic heterocycles. The molecule has 0 bridgehead atoms. The minimum absolute atomic E-state index is 0.0189. The molecule has 0 aliphatic heterocycles. The molecule has 0 fully saturated rings. The van der Waals surface area contributed by atoms with Gasteiger partial charge in [-0.25, -0.2) is 8.78 Å². The molecule has 0 amide bonds. The van der Waals surface area contributed by atoms with Crippen molar-refractivity contribution < 1.29 is 13.6 Å². The molecular formula is C11H11ClF2O. The first kappa shape index (κ1) is 12.1. The predicted molar refractivity (Wildman–Crippen MR) is 55.6 cm³/mol. The number of ketones is 1. The highest BCUT2D eigenvalue weighted by atomic mass is 35.5. The van der Waals surface area contributed by atoms with Crippen molar-refractivity contribution in [3.8, 4) is 0 Å². The molecule has 1 nitrogen and oxygen atoms in total. The highest BCUT2D eigenvalue weighted by Gasteiger charge is 2.10. The fourth-order valence-corrected chi connectivity index (χ4v) is 1.41. The van der Waals surface area contributed by atoms with E-state index in [0.29, 0.717) is 5.56 Å². The van der Waals surface area contributed by atoms with E-state index in [2.05, 4.69) is 0 Å². The SMILES string of the molecule is Cc1cc(C(F)F)ccc1CC(=O)CCl. The topological polar surface area (TPSA) is 17.1 Å². The van der Waals surface area contributed by atoms with Gasteiger partial charge in [0.2, 0.25) is 0 Å². The number of aryl methyl sites for hydroxylation is 1. The molecule has 1 aromatic carbocycles. The third-order valence-electron chi connectivity index (χ3n) is 2.16. The summed E-state index contributed by atoms with van der Waals surface area (Å²) in [6, 6.07) is 4.30. The Kier molecular flexibility index (Phi) is 4.21. The van der Waals surface area contributed by atoms with E-state index in [1.165, 1.54) is 12.1 Å². The number of Topliss-reactive ketones (excluding diaryl/α,β-unsaturated/α-hetero) is 1. The molecular weight excluding hydrogens is 222 g/mol. The van der Waals surface area contributed by atoms with Crippen LogP contribution in [0, 0.1) is 6.92 Å². The van der Waals surface area contributed by atoms with Gasteiger partial charge in [-0.2, -0.15) is 0 Å². The van der Waals surface area contributed by atoms with Crippen molar-refractivity contribution in [3.05, 3.63) is 34.9 Å². The van der Waals surface area contributed by atoms with Crippen molar-refractivity contribution in [2.45, 2.75) is 19.8 Å². The number of alkyl halides is 3. The highest BCUT2D eigenvalue weighted by molar-refractivity contribution is 6.27. The molecule has 15 heavy (non-hydrogen) atoms. The maximum Gasteiger partial charge on any atom is 0.263 e. The summed E-state index contributed by atoms with van der Waals surface area (Å²) in [6.45, 7) is 1.71. The number of hydrogen-bond acceptors (Lipinski definition) is 1. The predicted octanol–water partition coefficient (Wildman–Crippen LogP) is 3.28. The number of halogens is 3. The Balaban J connectivity index is 2.88. The third-order valence-corrected chi connectivity index (χ3v) is 2.45. The fraction of sp³-hybridized carbons (Fsp3) is 0.364. The highest BCUT2D eigenvalue weighted by Crippen LogP contribution is 2.21. The van der Waals surface area contributed by atoms with Crippen LogP contribution in [-0.2, 0) is 11.2 Å². The molecule has 1 aromatic rings. The summed E-state index contributed by atoms with van der Waals surface area (Å²) in [6.07, 6.45) is -2.26. The third kappa shape index (κ3) is 3.27. The van der Waals surface area contributed by atoms with Gasteiger partial charge in [-0.15, -0.1) is 11.6 Å². The van der Waals surface area contributed by atoms with E-state index in [-0.39, 0.29) is 23.6 Å². The van der Waals surface area contributed by atoms with Crippen LogP contribution in [0.4, 0.5) is 8.78 Å². The van der Waals surface area contributed by atoms with Crippen LogP contribution in [0.2, 0.25) is 0 Å². The standard InChI is InChI=1S/C11H11ClF2O/c1-7-4-9(11(13)14)3-2-8(7)5-10(15)6-12/h2-4,11H,5-6H2,1H3. The van der Waals surface area contributed by atoms with Crippen LogP contribution in [0.1, 0.15) is 23.1 Å². The van der Waals surface area contributed by atoms with Gasteiger partial charge in [0.05, 0.1) is 5.88 Å². The normalized spacial score (nSPS) is 10.7. The number of rotatable bonds is 4. The monoisotopic (exact) mass is 232 g/mol. The molecule has 0 spiro atoms. The van der Waals surface area contributed by atoms with Crippen molar-refractivity contribution in [2.75, 3.05) is 5.88 Å². The number of carbonyl (C=O) groups excluding carboxylic acids is 1. The Morgan fingerprint density at radius 2 is 2.13 bits per heavy atom. The fourth-order valence-electron chi connectivity index (χ4n) is 1.31. The maximum absolute atomic E-state index is 12.3. The van der Waals surface area contributed by atoms with Gasteiger partial charge in [-0.1, -0.05) is 18.2 Å². The molecule has 0 atom stereocenters. The summed E-state index contributed by atoms with van der Waals surface area (Å²) >= 11 is 5.37. The molecule has 0 saturated heterocycles. The summed E-state index contributed by atoms with van der Waals surface area (Å²) in [4.78, 5) is 11.1. The van der Waals surface area contributed by atoms with E-state index in [4.69, 9.17) is 11.6 Å². The first-order valence-electron chi connectivity index (χ1n) is 4.50. The zero-order valence-corrected chi connectivity index (χ0v) is 9.02. The van der Waals surface area contributed by atoms with Gasteiger partial charge >= 0.3 is 0 Å². The van der Waals surface area contributed by atoms with Crippen molar-refractivity contribution in [2.24, 2.45) is 0 Å². The molecule has 0 heterocycles. The molecule has 0 aliphatic carbocycles. The molecule has 0 radical (unpaired) electrons. The largest absolute Gasteiger partial charge is 0.298 e. The lowest BCUT2D eigenvalue weighted by atomic mass is 10.0. The number of hydrogen-bond donors (Lipinski definition) is 0. The lowest BCUT2D eigenvalue weighted by molar-refractivity contribution is -0.116. The summed E-state index contributed by atoms with van der Waals surface area (Å²) in [5, 5.41) is 0. The smallest absolute Gasteiger partial charge is 0.263 e. The van der Waals surface area contributed by atoms with Crippen LogP contribution in [-0.4, -0.2) is 11.7 Å². The van der Waals surface area contributed by atoms with Crippen LogP contribution >= 0.6 is 11.6 Å². The first-order chi connectivity index (χ1) is 7.04. The van der Waals surface area contributed by atoms with E-state index in [1.54, 1.807) is 13.0 Å². The molecule has 0 aliphatic rings. The van der Waals surface area contributed by atoms with Crippen molar-refractivity contribution in [1.82, 2.24) is 0 Å². The minimum Gasteiger partial charge on any atom is -0.298 e. The molecule has 0 saturated carbocycles. The minimum atomic E-state index is -2.47. The van der Waals surface area contributed by atoms with E-state index in [1.807, 2.05) is 0 Å². The quantitative estimate of drug-likeness (QED) is 0.728.